The minimum atomic E-state index is -0.425. The Morgan fingerprint density at radius 2 is 1.68 bits per heavy atom. The molecule has 0 unspecified atom stereocenters. The second kappa shape index (κ2) is 10.3. The summed E-state index contributed by atoms with van der Waals surface area (Å²) in [6.45, 7) is 0. The summed E-state index contributed by atoms with van der Waals surface area (Å²) < 4.78 is 10.8. The van der Waals surface area contributed by atoms with Crippen molar-refractivity contribution in [2.45, 2.75) is 4.90 Å². The molecule has 0 aliphatic carbocycles. The fourth-order valence-corrected chi connectivity index (χ4v) is 4.29. The average molecular weight is 474 g/mol. The van der Waals surface area contributed by atoms with Crippen LogP contribution in [-0.2, 0) is 4.79 Å². The number of fused-ring (bicyclic) bond motifs is 1. The number of nitrogens with zero attached hydrogens (tertiary/aromatic N) is 1. The number of thioether (sulfide) groups is 1. The summed E-state index contributed by atoms with van der Waals surface area (Å²) >= 11 is 1.28. The molecule has 0 saturated carbocycles. The number of anilines is 1. The van der Waals surface area contributed by atoms with Crippen LogP contribution in [-0.4, -0.2) is 36.8 Å². The summed E-state index contributed by atoms with van der Waals surface area (Å²) in [5, 5.41) is 3.71. The van der Waals surface area contributed by atoms with Gasteiger partial charge in [-0.3, -0.25) is 9.59 Å². The van der Waals surface area contributed by atoms with Gasteiger partial charge in [-0.25, -0.2) is 4.98 Å². The monoisotopic (exact) mass is 473 g/mol. The van der Waals surface area contributed by atoms with Crippen LogP contribution in [0.3, 0.4) is 0 Å². The van der Waals surface area contributed by atoms with E-state index in [1.807, 2.05) is 54.6 Å². The Morgan fingerprint density at radius 3 is 2.44 bits per heavy atom. The number of carbonyl (C=O) groups excluding carboxylic acids is 2. The third-order valence-electron chi connectivity index (χ3n) is 5.15. The van der Waals surface area contributed by atoms with Crippen molar-refractivity contribution in [2.24, 2.45) is 5.73 Å². The third kappa shape index (κ3) is 4.97. The molecule has 0 fully saturated rings. The lowest BCUT2D eigenvalue weighted by Gasteiger charge is -2.14. The fourth-order valence-electron chi connectivity index (χ4n) is 3.54. The molecular formula is C26H23N3O4S. The minimum Gasteiger partial charge on any atom is -0.493 e. The van der Waals surface area contributed by atoms with Gasteiger partial charge < -0.3 is 20.5 Å². The van der Waals surface area contributed by atoms with Crippen molar-refractivity contribution >= 4 is 40.2 Å². The number of carbonyl (C=O) groups is 2. The quantitative estimate of drug-likeness (QED) is 0.358. The van der Waals surface area contributed by atoms with Gasteiger partial charge in [-0.2, -0.15) is 0 Å². The Labute approximate surface area is 201 Å². The van der Waals surface area contributed by atoms with E-state index in [0.717, 1.165) is 15.8 Å². The molecule has 3 aromatic carbocycles. The molecule has 0 aliphatic heterocycles. The number of hydrogen-bond acceptors (Lipinski definition) is 6. The zero-order valence-electron chi connectivity index (χ0n) is 18.7. The molecule has 4 aromatic rings. The van der Waals surface area contributed by atoms with Gasteiger partial charge in [0.2, 0.25) is 5.91 Å². The number of methoxy groups -OCH3 is 2. The van der Waals surface area contributed by atoms with Crippen LogP contribution in [0.1, 0.15) is 10.4 Å². The second-order valence-corrected chi connectivity index (χ2v) is 8.36. The average Bonchev–Trinajstić information content (AvgIpc) is 2.86. The Balaban J connectivity index is 1.75. The fraction of sp³-hybridized carbons (Fsp3) is 0.115. The summed E-state index contributed by atoms with van der Waals surface area (Å²) in [4.78, 5) is 30.2. The first kappa shape index (κ1) is 23.1. The second-order valence-electron chi connectivity index (χ2n) is 7.35. The molecule has 4 rings (SSSR count). The molecule has 7 nitrogen and oxygen atoms in total. The van der Waals surface area contributed by atoms with Crippen LogP contribution >= 0.6 is 11.8 Å². The largest absolute Gasteiger partial charge is 0.493 e. The summed E-state index contributed by atoms with van der Waals surface area (Å²) in [6.07, 6.45) is 0. The van der Waals surface area contributed by atoms with Gasteiger partial charge in [-0.15, -0.1) is 11.8 Å². The number of rotatable bonds is 8. The number of amides is 2. The molecule has 1 heterocycles. The van der Waals surface area contributed by atoms with Crippen LogP contribution in [0.5, 0.6) is 11.5 Å². The van der Waals surface area contributed by atoms with Gasteiger partial charge >= 0.3 is 0 Å². The van der Waals surface area contributed by atoms with Crippen molar-refractivity contribution in [3.05, 3.63) is 78.4 Å². The highest BCUT2D eigenvalue weighted by molar-refractivity contribution is 8.00. The maximum atomic E-state index is 13.4. The molecule has 0 atom stereocenters. The molecule has 34 heavy (non-hydrogen) atoms. The standard InChI is InChI=1S/C26H23N3O4S/c1-32-22-12-11-16(13-23(22)33-2)21-14-18(17-7-3-4-8-19(17)28-21)26(31)29-20-9-5-6-10-24(20)34-15-25(27)30/h3-14H,15H2,1-2H3,(H2,27,30)(H,29,31). The van der Waals surface area contributed by atoms with Crippen LogP contribution in [0.2, 0.25) is 0 Å². The van der Waals surface area contributed by atoms with E-state index < -0.39 is 5.91 Å². The predicted molar refractivity (Wildman–Crippen MR) is 135 cm³/mol. The van der Waals surface area contributed by atoms with Crippen LogP contribution in [0.15, 0.2) is 77.7 Å². The van der Waals surface area contributed by atoms with E-state index in [9.17, 15) is 9.59 Å². The third-order valence-corrected chi connectivity index (χ3v) is 6.24. The maximum Gasteiger partial charge on any atom is 0.256 e. The van der Waals surface area contributed by atoms with Gasteiger partial charge in [0.25, 0.3) is 5.91 Å². The van der Waals surface area contributed by atoms with Gasteiger partial charge in [-0.1, -0.05) is 30.3 Å². The minimum absolute atomic E-state index is 0.120. The van der Waals surface area contributed by atoms with E-state index in [2.05, 4.69) is 5.32 Å². The summed E-state index contributed by atoms with van der Waals surface area (Å²) in [6, 6.07) is 22.0. The van der Waals surface area contributed by atoms with Crippen LogP contribution < -0.4 is 20.5 Å². The molecule has 3 N–H and O–H groups in total. The summed E-state index contributed by atoms with van der Waals surface area (Å²) in [5.41, 5.74) is 8.47. The first-order valence-corrected chi connectivity index (χ1v) is 11.4. The summed E-state index contributed by atoms with van der Waals surface area (Å²) in [5.74, 6) is 0.587. The van der Waals surface area contributed by atoms with E-state index in [4.69, 9.17) is 20.2 Å². The number of aromatic nitrogens is 1. The van der Waals surface area contributed by atoms with Crippen molar-refractivity contribution in [1.29, 1.82) is 0 Å². The molecule has 1 aromatic heterocycles. The SMILES string of the molecule is COc1ccc(-c2cc(C(=O)Nc3ccccc3SCC(N)=O)c3ccccc3n2)cc1OC. The molecule has 8 heteroatoms. The van der Waals surface area contributed by atoms with E-state index in [1.54, 1.807) is 32.4 Å². The number of pyridine rings is 1. The van der Waals surface area contributed by atoms with Crippen molar-refractivity contribution in [3.8, 4) is 22.8 Å². The lowest BCUT2D eigenvalue weighted by Crippen LogP contribution is -2.15. The molecule has 0 spiro atoms. The Bertz CT molecular complexity index is 1370. The van der Waals surface area contributed by atoms with Gasteiger partial charge in [0.15, 0.2) is 11.5 Å². The van der Waals surface area contributed by atoms with Crippen molar-refractivity contribution in [2.75, 3.05) is 25.3 Å². The predicted octanol–water partition coefficient (Wildman–Crippen LogP) is 4.75. The van der Waals surface area contributed by atoms with Gasteiger partial charge in [-0.05, 0) is 42.5 Å². The summed E-state index contributed by atoms with van der Waals surface area (Å²) in [7, 11) is 3.15. The van der Waals surface area contributed by atoms with Gasteiger partial charge in [0.1, 0.15) is 0 Å². The molecule has 0 saturated heterocycles. The van der Waals surface area contributed by atoms with Crippen molar-refractivity contribution in [1.82, 2.24) is 4.98 Å². The van der Waals surface area contributed by atoms with E-state index >= 15 is 0 Å². The number of ether oxygens (including phenoxy) is 2. The lowest BCUT2D eigenvalue weighted by molar-refractivity contribution is -0.115. The Kier molecular flexibility index (Phi) is 6.98. The zero-order chi connectivity index (χ0) is 24.1. The number of nitrogens with two attached hydrogens (primary N) is 1. The number of para-hydroxylation sites is 2. The topological polar surface area (TPSA) is 104 Å². The highest BCUT2D eigenvalue weighted by atomic mass is 32.2. The highest BCUT2D eigenvalue weighted by Gasteiger charge is 2.17. The first-order valence-electron chi connectivity index (χ1n) is 10.4. The normalized spacial score (nSPS) is 10.6. The molecule has 0 radical (unpaired) electrons. The number of nitrogens with one attached hydrogen (secondary N) is 1. The Hall–Kier alpha value is -4.04. The van der Waals surface area contributed by atoms with Gasteiger partial charge in [0, 0.05) is 15.8 Å². The smallest absolute Gasteiger partial charge is 0.256 e. The van der Waals surface area contributed by atoms with Crippen LogP contribution in [0.25, 0.3) is 22.2 Å². The zero-order valence-corrected chi connectivity index (χ0v) is 19.5. The molecule has 2 amide bonds. The molecule has 0 aliphatic rings. The highest BCUT2D eigenvalue weighted by Crippen LogP contribution is 2.34. The number of benzene rings is 3. The number of hydrogen-bond donors (Lipinski definition) is 2. The van der Waals surface area contributed by atoms with Crippen LogP contribution in [0, 0.1) is 0 Å². The lowest BCUT2D eigenvalue weighted by atomic mass is 10.0. The Morgan fingerprint density at radius 1 is 0.941 bits per heavy atom. The molecule has 0 bridgehead atoms. The maximum absolute atomic E-state index is 13.4. The van der Waals surface area contributed by atoms with E-state index in [-0.39, 0.29) is 11.7 Å². The van der Waals surface area contributed by atoms with Crippen molar-refractivity contribution in [3.63, 3.8) is 0 Å². The van der Waals surface area contributed by atoms with E-state index in [0.29, 0.717) is 34.0 Å². The molecule has 172 valence electrons. The number of primary amides is 1. The molecular weight excluding hydrogens is 450 g/mol. The van der Waals surface area contributed by atoms with Gasteiger partial charge in [0.05, 0.1) is 42.4 Å². The first-order chi connectivity index (χ1) is 16.5. The van der Waals surface area contributed by atoms with Crippen molar-refractivity contribution < 1.29 is 19.1 Å². The van der Waals surface area contributed by atoms with E-state index in [1.165, 1.54) is 11.8 Å². The van der Waals surface area contributed by atoms with Crippen LogP contribution in [0.4, 0.5) is 5.69 Å².